The van der Waals surface area contributed by atoms with Crippen LogP contribution in [-0.2, 0) is 20.1 Å². The van der Waals surface area contributed by atoms with Crippen molar-refractivity contribution in [3.05, 3.63) is 83.8 Å². The van der Waals surface area contributed by atoms with Crippen LogP contribution in [0.2, 0.25) is 0 Å². The maximum absolute atomic E-state index is 13.4. The molecule has 0 aliphatic heterocycles. The van der Waals surface area contributed by atoms with Gasteiger partial charge in [0.05, 0.1) is 0 Å². The van der Waals surface area contributed by atoms with Crippen molar-refractivity contribution < 1.29 is 38.8 Å². The zero-order valence-corrected chi connectivity index (χ0v) is 15.4. The number of nitrogens with zero attached hydrogens (tertiary/aromatic N) is 2. The predicted octanol–water partition coefficient (Wildman–Crippen LogP) is 3.91. The van der Waals surface area contributed by atoms with Crippen LogP contribution in [0.5, 0.6) is 0 Å². The number of pyridine rings is 2. The number of carboxylic acids is 1. The number of hydrogen-bond acceptors (Lipinski definition) is 3. The molecule has 131 valence electrons. The van der Waals surface area contributed by atoms with Crippen LogP contribution in [0, 0.1) is 24.6 Å². The molecule has 0 fully saturated rings. The molecule has 25 heavy (non-hydrogen) atoms. The van der Waals surface area contributed by atoms with Gasteiger partial charge in [0.25, 0.3) is 0 Å². The van der Waals surface area contributed by atoms with Gasteiger partial charge in [-0.2, -0.15) is 0 Å². The summed E-state index contributed by atoms with van der Waals surface area (Å²) in [5.74, 6) is -2.27. The molecule has 1 radical (unpaired) electrons. The Hall–Kier alpha value is -2.50. The Morgan fingerprint density at radius 1 is 1.12 bits per heavy atom. The number of hydrogen-bond donors (Lipinski definition) is 1. The van der Waals surface area contributed by atoms with Crippen molar-refractivity contribution in [2.24, 2.45) is 0 Å². The van der Waals surface area contributed by atoms with Gasteiger partial charge in [-0.15, -0.1) is 12.1 Å². The molecule has 1 N–H and O–H groups in total. The molecule has 0 aliphatic carbocycles. The summed E-state index contributed by atoms with van der Waals surface area (Å²) in [6.07, 6.45) is 3.03. The summed E-state index contributed by atoms with van der Waals surface area (Å²) >= 11 is 0. The molecular formula is C18H13F2IrN2O2-. The zero-order valence-electron chi connectivity index (χ0n) is 13.0. The molecular weight excluding hydrogens is 506 g/mol. The standard InChI is InChI=1S/C12H8F2N.C6H5NO2.Ir/c1-8-4-5-15-12(6-8)10-3-2-9(13)7-11(10)14;8-6(9)5-3-1-2-4-7-5;/h2,4-7H,1H3;1-4H,(H,8,9);/q-1;;. The zero-order chi connectivity index (χ0) is 17.5. The first-order chi connectivity index (χ1) is 11.5. The van der Waals surface area contributed by atoms with Crippen LogP contribution in [0.25, 0.3) is 11.3 Å². The van der Waals surface area contributed by atoms with Crippen LogP contribution < -0.4 is 0 Å². The minimum Gasteiger partial charge on any atom is -0.477 e. The second-order valence-corrected chi connectivity index (χ2v) is 4.78. The van der Waals surface area contributed by atoms with Gasteiger partial charge < -0.3 is 10.1 Å². The van der Waals surface area contributed by atoms with Gasteiger partial charge in [0.1, 0.15) is 5.69 Å². The van der Waals surface area contributed by atoms with E-state index in [0.29, 0.717) is 5.69 Å². The summed E-state index contributed by atoms with van der Waals surface area (Å²) < 4.78 is 26.0. The minimum absolute atomic E-state index is 0. The van der Waals surface area contributed by atoms with Crippen LogP contribution in [0.15, 0.2) is 54.9 Å². The van der Waals surface area contributed by atoms with Crippen molar-refractivity contribution in [2.75, 3.05) is 0 Å². The van der Waals surface area contributed by atoms with Gasteiger partial charge in [0.15, 0.2) is 0 Å². The largest absolute Gasteiger partial charge is 0.477 e. The van der Waals surface area contributed by atoms with E-state index < -0.39 is 17.6 Å². The second kappa shape index (κ2) is 9.71. The molecule has 0 spiro atoms. The van der Waals surface area contributed by atoms with Gasteiger partial charge in [-0.1, -0.05) is 29.3 Å². The monoisotopic (exact) mass is 520 g/mol. The molecule has 0 saturated heterocycles. The van der Waals surface area contributed by atoms with Gasteiger partial charge in [-0.25, -0.2) is 9.78 Å². The Morgan fingerprint density at radius 3 is 2.40 bits per heavy atom. The summed E-state index contributed by atoms with van der Waals surface area (Å²) in [4.78, 5) is 17.7. The van der Waals surface area contributed by atoms with Crippen molar-refractivity contribution in [1.29, 1.82) is 0 Å². The van der Waals surface area contributed by atoms with Crippen LogP contribution >= 0.6 is 0 Å². The average molecular weight is 520 g/mol. The number of aromatic carboxylic acids is 1. The van der Waals surface area contributed by atoms with Crippen LogP contribution in [0.1, 0.15) is 16.1 Å². The third-order valence-corrected chi connectivity index (χ3v) is 2.91. The minimum atomic E-state index is -0.990. The molecule has 3 aromatic rings. The molecule has 1 aromatic carbocycles. The third kappa shape index (κ3) is 6.14. The number of rotatable bonds is 2. The van der Waals surface area contributed by atoms with Gasteiger partial charge in [-0.05, 0) is 30.8 Å². The fraction of sp³-hybridized carbons (Fsp3) is 0.0556. The topological polar surface area (TPSA) is 63.1 Å². The quantitative estimate of drug-likeness (QED) is 0.522. The molecule has 7 heteroatoms. The summed E-state index contributed by atoms with van der Waals surface area (Å²) in [7, 11) is 0. The van der Waals surface area contributed by atoms with E-state index in [0.717, 1.165) is 17.7 Å². The molecule has 0 aliphatic rings. The summed E-state index contributed by atoms with van der Waals surface area (Å²) in [5, 5.41) is 8.32. The summed E-state index contributed by atoms with van der Waals surface area (Å²) in [6, 6.07) is 12.8. The SMILES string of the molecule is Cc1ccnc(-c2[c-]cc(F)cc2F)c1.O=C(O)c1ccccn1.[Ir]. The molecule has 2 heterocycles. The number of carbonyl (C=O) groups is 1. The average Bonchev–Trinajstić information content (AvgIpc) is 2.56. The molecule has 0 atom stereocenters. The van der Waals surface area contributed by atoms with E-state index in [4.69, 9.17) is 5.11 Å². The van der Waals surface area contributed by atoms with Gasteiger partial charge in [0, 0.05) is 44.1 Å². The van der Waals surface area contributed by atoms with Crippen LogP contribution in [-0.4, -0.2) is 21.0 Å². The maximum Gasteiger partial charge on any atom is 0.354 e. The smallest absolute Gasteiger partial charge is 0.354 e. The fourth-order valence-corrected chi connectivity index (χ4v) is 1.80. The Kier molecular flexibility index (Phi) is 7.98. The summed E-state index contributed by atoms with van der Waals surface area (Å²) in [5.41, 5.74) is 1.71. The Balaban J connectivity index is 0.000000270. The molecule has 0 unspecified atom stereocenters. The predicted molar refractivity (Wildman–Crippen MR) is 84.4 cm³/mol. The van der Waals surface area contributed by atoms with Gasteiger partial charge in [-0.3, -0.25) is 8.78 Å². The number of benzene rings is 1. The second-order valence-electron chi connectivity index (χ2n) is 4.78. The normalized spacial score (nSPS) is 9.40. The van der Waals surface area contributed by atoms with Crippen molar-refractivity contribution >= 4 is 5.97 Å². The first-order valence-corrected chi connectivity index (χ1v) is 6.91. The molecule has 0 saturated carbocycles. The number of aromatic nitrogens is 2. The first kappa shape index (κ1) is 20.5. The van der Waals surface area contributed by atoms with E-state index in [2.05, 4.69) is 16.0 Å². The van der Waals surface area contributed by atoms with E-state index in [1.165, 1.54) is 12.3 Å². The molecule has 0 bridgehead atoms. The number of halogens is 2. The first-order valence-electron chi connectivity index (χ1n) is 6.91. The molecule has 0 amide bonds. The Morgan fingerprint density at radius 2 is 1.88 bits per heavy atom. The van der Waals surface area contributed by atoms with Crippen molar-refractivity contribution in [3.63, 3.8) is 0 Å². The van der Waals surface area contributed by atoms with Gasteiger partial charge in [0.2, 0.25) is 0 Å². The summed E-state index contributed by atoms with van der Waals surface area (Å²) in [6.45, 7) is 1.88. The van der Waals surface area contributed by atoms with Crippen molar-refractivity contribution in [1.82, 2.24) is 9.97 Å². The Bertz CT molecular complexity index is 845. The van der Waals surface area contributed by atoms with Crippen LogP contribution in [0.3, 0.4) is 0 Å². The fourth-order valence-electron chi connectivity index (χ4n) is 1.80. The van der Waals surface area contributed by atoms with E-state index in [1.807, 2.05) is 13.0 Å². The van der Waals surface area contributed by atoms with Crippen LogP contribution in [0.4, 0.5) is 8.78 Å². The van der Waals surface area contributed by atoms with E-state index in [9.17, 15) is 13.6 Å². The number of aryl methyl sites for hydroxylation is 1. The molecule has 3 rings (SSSR count). The van der Waals surface area contributed by atoms with Crippen molar-refractivity contribution in [3.8, 4) is 11.3 Å². The van der Waals surface area contributed by atoms with E-state index >= 15 is 0 Å². The Labute approximate surface area is 156 Å². The molecule has 2 aromatic heterocycles. The van der Waals surface area contributed by atoms with Crippen molar-refractivity contribution in [2.45, 2.75) is 6.92 Å². The maximum atomic E-state index is 13.4. The van der Waals surface area contributed by atoms with E-state index in [1.54, 1.807) is 24.4 Å². The van der Waals surface area contributed by atoms with E-state index in [-0.39, 0.29) is 31.4 Å². The third-order valence-electron chi connectivity index (χ3n) is 2.91. The van der Waals surface area contributed by atoms with Gasteiger partial charge >= 0.3 is 5.97 Å². The molecule has 4 nitrogen and oxygen atoms in total. The number of carboxylic acid groups (broad SMARTS) is 1.